The fourth-order valence-corrected chi connectivity index (χ4v) is 1.50. The van der Waals surface area contributed by atoms with Crippen LogP contribution in [-0.2, 0) is 0 Å². The minimum Gasteiger partial charge on any atom is -0.384 e. The molecule has 5 heteroatoms. The Morgan fingerprint density at radius 1 is 0.938 bits per heavy atom. The molecule has 0 aliphatic rings. The normalized spacial score (nSPS) is 10.8. The van der Waals surface area contributed by atoms with E-state index in [-0.39, 0.29) is 0 Å². The Morgan fingerprint density at radius 2 is 1.75 bits per heavy atom. The van der Waals surface area contributed by atoms with Gasteiger partial charge in [-0.15, -0.1) is 15.0 Å². The molecule has 0 unspecified atom stereocenters. The van der Waals surface area contributed by atoms with Crippen LogP contribution in [0.25, 0.3) is 16.9 Å². The van der Waals surface area contributed by atoms with Gasteiger partial charge in [0.2, 0.25) is 5.65 Å². The van der Waals surface area contributed by atoms with Gasteiger partial charge in [-0.1, -0.05) is 18.2 Å². The number of nitrogen functional groups attached to an aromatic ring is 1. The topological polar surface area (TPSA) is 69.6 Å². The van der Waals surface area contributed by atoms with E-state index in [4.69, 9.17) is 5.73 Å². The molecule has 5 nitrogen and oxygen atoms in total. The van der Waals surface area contributed by atoms with Gasteiger partial charge in [0.15, 0.2) is 0 Å². The highest BCUT2D eigenvalue weighted by Crippen LogP contribution is 2.11. The van der Waals surface area contributed by atoms with Gasteiger partial charge in [-0.3, -0.25) is 0 Å². The third kappa shape index (κ3) is 1.38. The van der Waals surface area contributed by atoms with E-state index in [0.29, 0.717) is 11.5 Å². The molecule has 0 saturated carbocycles. The van der Waals surface area contributed by atoms with E-state index in [9.17, 15) is 0 Å². The summed E-state index contributed by atoms with van der Waals surface area (Å²) in [5.41, 5.74) is 7.78. The summed E-state index contributed by atoms with van der Waals surface area (Å²) in [5, 5.41) is 8.57. The van der Waals surface area contributed by atoms with Crippen molar-refractivity contribution in [2.75, 3.05) is 5.73 Å². The maximum Gasteiger partial charge on any atom is 0.204 e. The molecule has 2 aromatic heterocycles. The Labute approximate surface area is 91.5 Å². The van der Waals surface area contributed by atoms with Gasteiger partial charge >= 0.3 is 0 Å². The lowest BCUT2D eigenvalue weighted by molar-refractivity contribution is 0.763. The zero-order valence-corrected chi connectivity index (χ0v) is 8.41. The SMILES string of the molecule is Nc1ccc2nn(-c3ccccc3)nc2n1. The van der Waals surface area contributed by atoms with Gasteiger partial charge in [-0.05, 0) is 24.3 Å². The summed E-state index contributed by atoms with van der Waals surface area (Å²) in [6, 6.07) is 13.2. The quantitative estimate of drug-likeness (QED) is 0.660. The van der Waals surface area contributed by atoms with Crippen molar-refractivity contribution in [2.45, 2.75) is 0 Å². The summed E-state index contributed by atoms with van der Waals surface area (Å²) >= 11 is 0. The molecule has 0 fully saturated rings. The summed E-state index contributed by atoms with van der Waals surface area (Å²) in [6.07, 6.45) is 0. The van der Waals surface area contributed by atoms with Crippen molar-refractivity contribution in [3.63, 3.8) is 0 Å². The van der Waals surface area contributed by atoms with Crippen molar-refractivity contribution in [1.82, 2.24) is 20.0 Å². The molecule has 2 heterocycles. The molecule has 78 valence electrons. The molecule has 0 radical (unpaired) electrons. The first kappa shape index (κ1) is 8.84. The number of hydrogen-bond acceptors (Lipinski definition) is 4. The lowest BCUT2D eigenvalue weighted by Crippen LogP contribution is -1.97. The van der Waals surface area contributed by atoms with Crippen LogP contribution < -0.4 is 5.73 Å². The van der Waals surface area contributed by atoms with E-state index < -0.39 is 0 Å². The highest BCUT2D eigenvalue weighted by Gasteiger charge is 2.04. The Morgan fingerprint density at radius 3 is 2.56 bits per heavy atom. The smallest absolute Gasteiger partial charge is 0.204 e. The number of pyridine rings is 1. The zero-order valence-electron chi connectivity index (χ0n) is 8.41. The van der Waals surface area contributed by atoms with Crippen LogP contribution in [0.5, 0.6) is 0 Å². The van der Waals surface area contributed by atoms with Gasteiger partial charge in [0.1, 0.15) is 11.3 Å². The summed E-state index contributed by atoms with van der Waals surface area (Å²) in [5.74, 6) is 0.451. The standard InChI is InChI=1S/C11H9N5/c12-10-7-6-9-11(13-10)15-16(14-9)8-4-2-1-3-5-8/h1-7H,(H2,12,13,15). The predicted molar refractivity (Wildman–Crippen MR) is 61.1 cm³/mol. The largest absolute Gasteiger partial charge is 0.384 e. The summed E-state index contributed by atoms with van der Waals surface area (Å²) in [4.78, 5) is 5.66. The molecule has 2 N–H and O–H groups in total. The second-order valence-electron chi connectivity index (χ2n) is 3.40. The first-order valence-electron chi connectivity index (χ1n) is 4.88. The second kappa shape index (κ2) is 3.30. The van der Waals surface area contributed by atoms with E-state index in [0.717, 1.165) is 11.2 Å². The van der Waals surface area contributed by atoms with Gasteiger partial charge in [0, 0.05) is 0 Å². The highest BCUT2D eigenvalue weighted by atomic mass is 15.5. The number of benzene rings is 1. The number of para-hydroxylation sites is 1. The molecular formula is C11H9N5. The number of anilines is 1. The number of hydrogen-bond donors (Lipinski definition) is 1. The first-order chi connectivity index (χ1) is 7.83. The van der Waals surface area contributed by atoms with Crippen LogP contribution in [0.1, 0.15) is 0 Å². The Kier molecular flexibility index (Phi) is 1.83. The maximum atomic E-state index is 5.58. The van der Waals surface area contributed by atoms with Crippen LogP contribution >= 0.6 is 0 Å². The molecule has 0 bridgehead atoms. The van der Waals surface area contributed by atoms with Gasteiger partial charge in [0.25, 0.3) is 0 Å². The number of rotatable bonds is 1. The molecule has 0 atom stereocenters. The Bertz CT molecular complexity index is 629. The number of fused-ring (bicyclic) bond motifs is 1. The number of nitrogens with two attached hydrogens (primary N) is 1. The Balaban J connectivity index is 2.19. The second-order valence-corrected chi connectivity index (χ2v) is 3.40. The molecule has 0 spiro atoms. The van der Waals surface area contributed by atoms with E-state index in [1.807, 2.05) is 36.4 Å². The van der Waals surface area contributed by atoms with Crippen molar-refractivity contribution >= 4 is 17.0 Å². The van der Waals surface area contributed by atoms with Crippen molar-refractivity contribution < 1.29 is 0 Å². The predicted octanol–water partition coefficient (Wildman–Crippen LogP) is 1.40. The van der Waals surface area contributed by atoms with E-state index >= 15 is 0 Å². The summed E-state index contributed by atoms with van der Waals surface area (Å²) in [7, 11) is 0. The molecule has 0 aliphatic heterocycles. The van der Waals surface area contributed by atoms with Crippen LogP contribution in [0.3, 0.4) is 0 Å². The summed E-state index contributed by atoms with van der Waals surface area (Å²) in [6.45, 7) is 0. The lowest BCUT2D eigenvalue weighted by atomic mass is 10.3. The first-order valence-corrected chi connectivity index (χ1v) is 4.88. The van der Waals surface area contributed by atoms with Crippen molar-refractivity contribution in [3.8, 4) is 5.69 Å². The van der Waals surface area contributed by atoms with E-state index in [2.05, 4.69) is 15.2 Å². The van der Waals surface area contributed by atoms with Crippen LogP contribution in [0.4, 0.5) is 5.82 Å². The fourth-order valence-electron chi connectivity index (χ4n) is 1.50. The molecule has 3 rings (SSSR count). The molecule has 16 heavy (non-hydrogen) atoms. The third-order valence-electron chi connectivity index (χ3n) is 2.26. The number of nitrogens with zero attached hydrogens (tertiary/aromatic N) is 4. The average Bonchev–Trinajstić information content (AvgIpc) is 2.73. The van der Waals surface area contributed by atoms with Crippen LogP contribution in [0, 0.1) is 0 Å². The van der Waals surface area contributed by atoms with Gasteiger partial charge in [0.05, 0.1) is 5.69 Å². The van der Waals surface area contributed by atoms with Gasteiger partial charge < -0.3 is 5.73 Å². The van der Waals surface area contributed by atoms with E-state index in [1.54, 1.807) is 10.9 Å². The van der Waals surface area contributed by atoms with Crippen molar-refractivity contribution in [2.24, 2.45) is 0 Å². The minimum absolute atomic E-state index is 0.451. The van der Waals surface area contributed by atoms with Crippen molar-refractivity contribution in [1.29, 1.82) is 0 Å². The zero-order chi connectivity index (χ0) is 11.0. The molecular weight excluding hydrogens is 202 g/mol. The summed E-state index contributed by atoms with van der Waals surface area (Å²) < 4.78 is 0. The lowest BCUT2D eigenvalue weighted by Gasteiger charge is -1.95. The maximum absolute atomic E-state index is 5.58. The van der Waals surface area contributed by atoms with Crippen LogP contribution in [0.2, 0.25) is 0 Å². The van der Waals surface area contributed by atoms with Gasteiger partial charge in [-0.2, -0.15) is 0 Å². The van der Waals surface area contributed by atoms with E-state index in [1.165, 1.54) is 0 Å². The molecule has 1 aromatic carbocycles. The van der Waals surface area contributed by atoms with Crippen LogP contribution in [-0.4, -0.2) is 20.0 Å². The molecule has 0 aliphatic carbocycles. The Hall–Kier alpha value is -2.43. The molecule has 3 aromatic rings. The molecule has 0 saturated heterocycles. The third-order valence-corrected chi connectivity index (χ3v) is 2.26. The minimum atomic E-state index is 0.451. The van der Waals surface area contributed by atoms with Crippen molar-refractivity contribution in [3.05, 3.63) is 42.5 Å². The average molecular weight is 211 g/mol. The highest BCUT2D eigenvalue weighted by molar-refractivity contribution is 5.71. The van der Waals surface area contributed by atoms with Gasteiger partial charge in [-0.25, -0.2) is 4.98 Å². The fraction of sp³-hybridized carbons (Fsp3) is 0. The molecule has 0 amide bonds. The monoisotopic (exact) mass is 211 g/mol. The number of aromatic nitrogens is 4. The van der Waals surface area contributed by atoms with Crippen LogP contribution in [0.15, 0.2) is 42.5 Å².